The number of methoxy groups -OCH3 is 2. The van der Waals surface area contributed by atoms with Crippen molar-refractivity contribution in [2.45, 2.75) is 6.10 Å². The van der Waals surface area contributed by atoms with Crippen LogP contribution in [0.2, 0.25) is 5.02 Å². The van der Waals surface area contributed by atoms with Crippen LogP contribution in [0.4, 0.5) is 4.39 Å². The van der Waals surface area contributed by atoms with Gasteiger partial charge in [-0.15, -0.1) is 0 Å². The summed E-state index contributed by atoms with van der Waals surface area (Å²) in [6.45, 7) is 0. The predicted octanol–water partition coefficient (Wildman–Crippen LogP) is 3.58. The zero-order valence-corrected chi connectivity index (χ0v) is 11.8. The third-order valence-corrected chi connectivity index (χ3v) is 3.11. The van der Waals surface area contributed by atoms with Crippen LogP contribution in [0.25, 0.3) is 0 Å². The Morgan fingerprint density at radius 2 is 1.50 bits per heavy atom. The summed E-state index contributed by atoms with van der Waals surface area (Å²) in [6.07, 6.45) is -1.02. The maximum atomic E-state index is 13.4. The predicted molar refractivity (Wildman–Crippen MR) is 75.0 cm³/mol. The van der Waals surface area contributed by atoms with E-state index in [9.17, 15) is 9.50 Å². The largest absolute Gasteiger partial charge is 0.497 e. The van der Waals surface area contributed by atoms with E-state index in [4.69, 9.17) is 21.1 Å². The molecule has 0 heterocycles. The zero-order valence-electron chi connectivity index (χ0n) is 11.1. The summed E-state index contributed by atoms with van der Waals surface area (Å²) in [4.78, 5) is 0. The fourth-order valence-corrected chi connectivity index (χ4v) is 2.14. The molecule has 0 radical (unpaired) electrons. The molecule has 0 aromatic heterocycles. The number of hydrogen-bond acceptors (Lipinski definition) is 3. The highest BCUT2D eigenvalue weighted by Gasteiger charge is 2.15. The number of halogens is 2. The van der Waals surface area contributed by atoms with E-state index in [-0.39, 0.29) is 5.02 Å². The molecule has 1 atom stereocenters. The second-order valence-electron chi connectivity index (χ2n) is 4.25. The van der Waals surface area contributed by atoms with Crippen molar-refractivity contribution in [3.8, 4) is 11.5 Å². The van der Waals surface area contributed by atoms with Gasteiger partial charge in [0.15, 0.2) is 0 Å². The summed E-state index contributed by atoms with van der Waals surface area (Å²) < 4.78 is 23.6. The number of aliphatic hydroxyl groups is 1. The standard InChI is InChI=1S/C15H14ClFO3/c1-19-13-5-10(6-14(8-13)20-2)15(18)9-3-11(16)7-12(17)4-9/h3-8,15,18H,1-2H3. The second-order valence-corrected chi connectivity index (χ2v) is 4.69. The van der Waals surface area contributed by atoms with Gasteiger partial charge in [-0.05, 0) is 41.5 Å². The summed E-state index contributed by atoms with van der Waals surface area (Å²) in [6, 6.07) is 8.94. The van der Waals surface area contributed by atoms with Crippen LogP contribution in [-0.4, -0.2) is 19.3 Å². The van der Waals surface area contributed by atoms with E-state index >= 15 is 0 Å². The van der Waals surface area contributed by atoms with Crippen LogP contribution in [0.5, 0.6) is 11.5 Å². The van der Waals surface area contributed by atoms with Crippen LogP contribution in [0.1, 0.15) is 17.2 Å². The Kier molecular flexibility index (Phi) is 4.47. The second kappa shape index (κ2) is 6.11. The molecule has 20 heavy (non-hydrogen) atoms. The Balaban J connectivity index is 2.43. The van der Waals surface area contributed by atoms with Crippen LogP contribution < -0.4 is 9.47 Å². The molecule has 0 aliphatic heterocycles. The third kappa shape index (κ3) is 3.21. The van der Waals surface area contributed by atoms with Gasteiger partial charge in [0, 0.05) is 11.1 Å². The summed E-state index contributed by atoms with van der Waals surface area (Å²) in [5.41, 5.74) is 0.896. The van der Waals surface area contributed by atoms with Crippen molar-refractivity contribution in [2.75, 3.05) is 14.2 Å². The summed E-state index contributed by atoms with van der Waals surface area (Å²) >= 11 is 5.80. The van der Waals surface area contributed by atoms with E-state index < -0.39 is 11.9 Å². The smallest absolute Gasteiger partial charge is 0.125 e. The normalized spacial score (nSPS) is 12.1. The van der Waals surface area contributed by atoms with Crippen LogP contribution in [-0.2, 0) is 0 Å². The van der Waals surface area contributed by atoms with E-state index in [1.807, 2.05) is 0 Å². The van der Waals surface area contributed by atoms with Crippen LogP contribution >= 0.6 is 11.6 Å². The van der Waals surface area contributed by atoms with Crippen molar-refractivity contribution in [1.82, 2.24) is 0 Å². The molecule has 2 aromatic rings. The number of aliphatic hydroxyl groups excluding tert-OH is 1. The summed E-state index contributed by atoms with van der Waals surface area (Å²) in [5.74, 6) is 0.586. The maximum absolute atomic E-state index is 13.4. The minimum absolute atomic E-state index is 0.230. The molecule has 1 unspecified atom stereocenters. The molecular formula is C15H14ClFO3. The molecule has 1 N–H and O–H groups in total. The van der Waals surface area contributed by atoms with E-state index in [1.165, 1.54) is 32.4 Å². The highest BCUT2D eigenvalue weighted by Crippen LogP contribution is 2.31. The van der Waals surface area contributed by atoms with Crippen LogP contribution in [0, 0.1) is 5.82 Å². The lowest BCUT2D eigenvalue weighted by Crippen LogP contribution is -2.01. The molecule has 0 aliphatic carbocycles. The highest BCUT2D eigenvalue weighted by molar-refractivity contribution is 6.30. The lowest BCUT2D eigenvalue weighted by molar-refractivity contribution is 0.218. The number of ether oxygens (including phenoxy) is 2. The van der Waals surface area contributed by atoms with Gasteiger partial charge >= 0.3 is 0 Å². The molecule has 3 nitrogen and oxygen atoms in total. The van der Waals surface area contributed by atoms with Gasteiger partial charge in [-0.25, -0.2) is 4.39 Å². The quantitative estimate of drug-likeness (QED) is 0.937. The first-order valence-electron chi connectivity index (χ1n) is 5.90. The Hall–Kier alpha value is -1.78. The lowest BCUT2D eigenvalue weighted by atomic mass is 10.0. The van der Waals surface area contributed by atoms with Crippen LogP contribution in [0.15, 0.2) is 36.4 Å². The number of rotatable bonds is 4. The molecule has 106 valence electrons. The Bertz CT molecular complexity index is 574. The van der Waals surface area contributed by atoms with E-state index in [1.54, 1.807) is 18.2 Å². The van der Waals surface area contributed by atoms with Crippen molar-refractivity contribution in [3.05, 3.63) is 58.4 Å². The SMILES string of the molecule is COc1cc(OC)cc(C(O)c2cc(F)cc(Cl)c2)c1. The molecule has 0 saturated carbocycles. The highest BCUT2D eigenvalue weighted by atomic mass is 35.5. The zero-order chi connectivity index (χ0) is 14.7. The van der Waals surface area contributed by atoms with E-state index in [2.05, 4.69) is 0 Å². The average Bonchev–Trinajstić information content (AvgIpc) is 2.44. The molecule has 0 amide bonds. The topological polar surface area (TPSA) is 38.7 Å². The van der Waals surface area contributed by atoms with Gasteiger partial charge < -0.3 is 14.6 Å². The van der Waals surface area contributed by atoms with Crippen molar-refractivity contribution in [3.63, 3.8) is 0 Å². The lowest BCUT2D eigenvalue weighted by Gasteiger charge is -2.14. The molecular weight excluding hydrogens is 283 g/mol. The van der Waals surface area contributed by atoms with Crippen molar-refractivity contribution in [1.29, 1.82) is 0 Å². The fraction of sp³-hybridized carbons (Fsp3) is 0.200. The van der Waals surface area contributed by atoms with Crippen LogP contribution in [0.3, 0.4) is 0 Å². The monoisotopic (exact) mass is 296 g/mol. The minimum atomic E-state index is -1.02. The van der Waals surface area contributed by atoms with Crippen molar-refractivity contribution < 1.29 is 19.0 Å². The van der Waals surface area contributed by atoms with E-state index in [0.717, 1.165) is 0 Å². The summed E-state index contributed by atoms with van der Waals surface area (Å²) in [7, 11) is 3.04. The van der Waals surface area contributed by atoms with Crippen molar-refractivity contribution in [2.24, 2.45) is 0 Å². The Morgan fingerprint density at radius 1 is 0.950 bits per heavy atom. The molecule has 0 spiro atoms. The van der Waals surface area contributed by atoms with Gasteiger partial charge in [0.2, 0.25) is 0 Å². The number of hydrogen-bond donors (Lipinski definition) is 1. The molecule has 2 rings (SSSR count). The first-order valence-corrected chi connectivity index (χ1v) is 6.28. The van der Waals surface area contributed by atoms with Gasteiger partial charge in [0.05, 0.1) is 14.2 Å². The van der Waals surface area contributed by atoms with Gasteiger partial charge in [-0.1, -0.05) is 11.6 Å². The van der Waals surface area contributed by atoms with Crippen molar-refractivity contribution >= 4 is 11.6 Å². The maximum Gasteiger partial charge on any atom is 0.125 e. The minimum Gasteiger partial charge on any atom is -0.497 e. The molecule has 5 heteroatoms. The molecule has 2 aromatic carbocycles. The molecule has 0 bridgehead atoms. The average molecular weight is 297 g/mol. The third-order valence-electron chi connectivity index (χ3n) is 2.89. The van der Waals surface area contributed by atoms with E-state index in [0.29, 0.717) is 22.6 Å². The Labute approximate surface area is 121 Å². The molecule has 0 aliphatic rings. The number of benzene rings is 2. The van der Waals surface area contributed by atoms with Gasteiger partial charge in [0.25, 0.3) is 0 Å². The van der Waals surface area contributed by atoms with Gasteiger partial charge in [-0.3, -0.25) is 0 Å². The van der Waals surface area contributed by atoms with Gasteiger partial charge in [-0.2, -0.15) is 0 Å². The Morgan fingerprint density at radius 3 is 2.00 bits per heavy atom. The first kappa shape index (κ1) is 14.6. The summed E-state index contributed by atoms with van der Waals surface area (Å²) in [5, 5.41) is 10.6. The molecule has 0 fully saturated rings. The fourth-order valence-electron chi connectivity index (χ4n) is 1.91. The first-order chi connectivity index (χ1) is 9.53. The molecule has 0 saturated heterocycles. The van der Waals surface area contributed by atoms with Gasteiger partial charge in [0.1, 0.15) is 23.4 Å².